The number of nitrogens with zero attached hydrogens (tertiary/aromatic N) is 2. The Hall–Kier alpha value is -3.15. The topological polar surface area (TPSA) is 75.0 Å². The summed E-state index contributed by atoms with van der Waals surface area (Å²) in [5.74, 6) is 0.211. The highest BCUT2D eigenvalue weighted by Crippen LogP contribution is 2.41. The maximum absolute atomic E-state index is 13.4. The number of rotatable bonds is 2. The molecule has 5 nitrogen and oxygen atoms in total. The molecule has 0 saturated heterocycles. The molecule has 2 aromatic heterocycles. The number of benzene rings is 1. The van der Waals surface area contributed by atoms with Gasteiger partial charge in [0.25, 0.3) is 5.91 Å². The number of hydrogen-bond donors (Lipinski definition) is 2. The predicted molar refractivity (Wildman–Crippen MR) is 99.2 cm³/mol. The van der Waals surface area contributed by atoms with E-state index in [1.165, 1.54) is 12.1 Å². The highest BCUT2D eigenvalue weighted by Gasteiger charge is 2.33. The number of pyridine rings is 1. The Morgan fingerprint density at radius 1 is 1.19 bits per heavy atom. The number of H-pyrrole nitrogens is 1. The van der Waals surface area contributed by atoms with Crippen LogP contribution in [0.4, 0.5) is 10.2 Å². The number of amides is 1. The maximum atomic E-state index is 13.4. The van der Waals surface area contributed by atoms with Crippen molar-refractivity contribution in [3.63, 3.8) is 0 Å². The molecule has 132 valence electrons. The summed E-state index contributed by atoms with van der Waals surface area (Å²) in [6, 6.07) is 9.81. The standard InChI is InChI=1S/C20H19FN4O/c1-11-10-25(2)20(26)17-16(12-3-5-14(21)6-4-12)19(24-18(11)17)13-7-8-23-15(22)9-13/h3-9,11,24H,10H2,1-2H3,(H2,22,23). The molecule has 1 aliphatic heterocycles. The molecular formula is C20H19FN4O. The second-order valence-electron chi connectivity index (χ2n) is 6.73. The number of halogens is 1. The number of nitrogen functional groups attached to an aromatic ring is 1. The van der Waals surface area contributed by atoms with Crippen molar-refractivity contribution in [3.05, 3.63) is 59.7 Å². The van der Waals surface area contributed by atoms with E-state index in [1.54, 1.807) is 36.3 Å². The van der Waals surface area contributed by atoms with Gasteiger partial charge in [0.15, 0.2) is 0 Å². The molecule has 0 saturated carbocycles. The van der Waals surface area contributed by atoms with E-state index >= 15 is 0 Å². The van der Waals surface area contributed by atoms with Crippen LogP contribution in [-0.4, -0.2) is 34.4 Å². The average molecular weight is 350 g/mol. The molecule has 0 aliphatic carbocycles. The highest BCUT2D eigenvalue weighted by molar-refractivity contribution is 6.07. The van der Waals surface area contributed by atoms with Crippen molar-refractivity contribution in [2.75, 3.05) is 19.3 Å². The summed E-state index contributed by atoms with van der Waals surface area (Å²) in [7, 11) is 1.80. The van der Waals surface area contributed by atoms with E-state index in [1.807, 2.05) is 6.07 Å². The molecule has 1 unspecified atom stereocenters. The molecule has 1 amide bonds. The first kappa shape index (κ1) is 16.3. The minimum absolute atomic E-state index is 0.0399. The van der Waals surface area contributed by atoms with Crippen LogP contribution in [0.15, 0.2) is 42.6 Å². The number of anilines is 1. The zero-order valence-electron chi connectivity index (χ0n) is 14.6. The van der Waals surface area contributed by atoms with Crippen LogP contribution in [0.1, 0.15) is 28.9 Å². The first-order valence-corrected chi connectivity index (χ1v) is 8.45. The van der Waals surface area contributed by atoms with Gasteiger partial charge in [-0.3, -0.25) is 4.79 Å². The van der Waals surface area contributed by atoms with Crippen LogP contribution in [0.3, 0.4) is 0 Å². The van der Waals surface area contributed by atoms with Gasteiger partial charge in [-0.15, -0.1) is 0 Å². The molecule has 3 heterocycles. The van der Waals surface area contributed by atoms with Gasteiger partial charge in [-0.2, -0.15) is 0 Å². The Morgan fingerprint density at radius 3 is 2.62 bits per heavy atom. The summed E-state index contributed by atoms with van der Waals surface area (Å²) in [6.45, 7) is 2.73. The van der Waals surface area contributed by atoms with Gasteiger partial charge in [-0.05, 0) is 29.8 Å². The van der Waals surface area contributed by atoms with Crippen LogP contribution in [0.2, 0.25) is 0 Å². The summed E-state index contributed by atoms with van der Waals surface area (Å²) in [4.78, 5) is 22.1. The van der Waals surface area contributed by atoms with E-state index < -0.39 is 0 Å². The number of aromatic amines is 1. The van der Waals surface area contributed by atoms with Crippen LogP contribution in [0.25, 0.3) is 22.4 Å². The second-order valence-corrected chi connectivity index (χ2v) is 6.73. The smallest absolute Gasteiger partial charge is 0.256 e. The minimum atomic E-state index is -0.315. The van der Waals surface area contributed by atoms with Crippen LogP contribution in [0, 0.1) is 5.82 Å². The van der Waals surface area contributed by atoms with Crippen molar-refractivity contribution in [2.45, 2.75) is 12.8 Å². The fourth-order valence-electron chi connectivity index (χ4n) is 3.61. The van der Waals surface area contributed by atoms with Gasteiger partial charge in [-0.1, -0.05) is 19.1 Å². The van der Waals surface area contributed by atoms with Crippen molar-refractivity contribution in [2.24, 2.45) is 0 Å². The molecule has 1 aromatic carbocycles. The third-order valence-electron chi connectivity index (χ3n) is 4.83. The monoisotopic (exact) mass is 350 g/mol. The van der Waals surface area contributed by atoms with E-state index in [0.29, 0.717) is 17.9 Å². The second kappa shape index (κ2) is 5.98. The van der Waals surface area contributed by atoms with Crippen molar-refractivity contribution >= 4 is 11.7 Å². The number of carbonyl (C=O) groups is 1. The Balaban J connectivity index is 2.03. The van der Waals surface area contributed by atoms with E-state index in [4.69, 9.17) is 5.73 Å². The Morgan fingerprint density at radius 2 is 1.92 bits per heavy atom. The average Bonchev–Trinajstić information content (AvgIpc) is 3.02. The molecular weight excluding hydrogens is 331 g/mol. The van der Waals surface area contributed by atoms with Crippen LogP contribution < -0.4 is 5.73 Å². The molecule has 0 spiro atoms. The molecule has 3 aromatic rings. The van der Waals surface area contributed by atoms with Gasteiger partial charge in [0, 0.05) is 42.5 Å². The largest absolute Gasteiger partial charge is 0.384 e. The number of aromatic nitrogens is 2. The number of nitrogens with one attached hydrogen (secondary N) is 1. The van der Waals surface area contributed by atoms with Gasteiger partial charge >= 0.3 is 0 Å². The predicted octanol–water partition coefficient (Wildman–Crippen LogP) is 3.65. The third-order valence-corrected chi connectivity index (χ3v) is 4.83. The van der Waals surface area contributed by atoms with Crippen molar-refractivity contribution in [3.8, 4) is 22.4 Å². The Bertz CT molecular complexity index is 994. The lowest BCUT2D eigenvalue weighted by molar-refractivity contribution is 0.0768. The molecule has 4 rings (SSSR count). The summed E-state index contributed by atoms with van der Waals surface area (Å²) >= 11 is 0. The van der Waals surface area contributed by atoms with Crippen LogP contribution >= 0.6 is 0 Å². The molecule has 0 radical (unpaired) electrons. The molecule has 0 fully saturated rings. The van der Waals surface area contributed by atoms with Crippen molar-refractivity contribution in [1.82, 2.24) is 14.9 Å². The summed E-state index contributed by atoms with van der Waals surface area (Å²) in [5, 5.41) is 0. The fraction of sp³-hybridized carbons (Fsp3) is 0.200. The lowest BCUT2D eigenvalue weighted by atomic mass is 9.91. The molecule has 26 heavy (non-hydrogen) atoms. The van der Waals surface area contributed by atoms with Crippen LogP contribution in [-0.2, 0) is 0 Å². The van der Waals surface area contributed by atoms with E-state index in [9.17, 15) is 9.18 Å². The number of nitrogens with two attached hydrogens (primary N) is 1. The molecule has 6 heteroatoms. The molecule has 1 aliphatic rings. The van der Waals surface area contributed by atoms with Gasteiger partial charge in [0.1, 0.15) is 11.6 Å². The van der Waals surface area contributed by atoms with Gasteiger partial charge < -0.3 is 15.6 Å². The normalized spacial score (nSPS) is 16.7. The maximum Gasteiger partial charge on any atom is 0.256 e. The van der Waals surface area contributed by atoms with Crippen molar-refractivity contribution in [1.29, 1.82) is 0 Å². The summed E-state index contributed by atoms with van der Waals surface area (Å²) in [5.41, 5.74) is 10.6. The Kier molecular flexibility index (Phi) is 3.76. The van der Waals surface area contributed by atoms with E-state index in [-0.39, 0.29) is 17.6 Å². The summed E-state index contributed by atoms with van der Waals surface area (Å²) < 4.78 is 13.4. The number of likely N-dealkylation sites (N-methyl/N-ethyl adjacent to an activating group) is 1. The zero-order valence-corrected chi connectivity index (χ0v) is 14.6. The van der Waals surface area contributed by atoms with E-state index in [2.05, 4.69) is 16.9 Å². The van der Waals surface area contributed by atoms with Gasteiger partial charge in [0.05, 0.1) is 11.3 Å². The Labute approximate surface area is 150 Å². The first-order valence-electron chi connectivity index (χ1n) is 8.45. The molecule has 3 N–H and O–H groups in total. The SMILES string of the molecule is CC1CN(C)C(=O)c2c1[nH]c(-c1ccnc(N)c1)c2-c1ccc(F)cc1. The highest BCUT2D eigenvalue weighted by atomic mass is 19.1. The van der Waals surface area contributed by atoms with Gasteiger partial charge in [-0.25, -0.2) is 9.37 Å². The minimum Gasteiger partial charge on any atom is -0.384 e. The summed E-state index contributed by atoms with van der Waals surface area (Å²) in [6.07, 6.45) is 1.64. The van der Waals surface area contributed by atoms with Crippen molar-refractivity contribution < 1.29 is 9.18 Å². The fourth-order valence-corrected chi connectivity index (χ4v) is 3.61. The first-order chi connectivity index (χ1) is 12.5. The number of hydrogen-bond acceptors (Lipinski definition) is 3. The van der Waals surface area contributed by atoms with E-state index in [0.717, 1.165) is 28.1 Å². The number of fused-ring (bicyclic) bond motifs is 1. The van der Waals surface area contributed by atoms with Crippen LogP contribution in [0.5, 0.6) is 0 Å². The number of carbonyl (C=O) groups excluding carboxylic acids is 1. The zero-order chi connectivity index (χ0) is 18.4. The lowest BCUT2D eigenvalue weighted by Crippen LogP contribution is -2.35. The third kappa shape index (κ3) is 2.54. The lowest BCUT2D eigenvalue weighted by Gasteiger charge is -2.28. The van der Waals surface area contributed by atoms with Gasteiger partial charge in [0.2, 0.25) is 0 Å². The quantitative estimate of drug-likeness (QED) is 0.741. The molecule has 1 atom stereocenters. The molecule has 0 bridgehead atoms.